The van der Waals surface area contributed by atoms with Gasteiger partial charge in [-0.15, -0.1) is 0 Å². The van der Waals surface area contributed by atoms with Gasteiger partial charge in [-0.2, -0.15) is 0 Å². The van der Waals surface area contributed by atoms with Gasteiger partial charge in [0.15, 0.2) is 11.6 Å². The number of amides is 2. The molecule has 1 aliphatic heterocycles. The Balaban J connectivity index is 1.82. The number of nitrogens with zero attached hydrogens (tertiary/aromatic N) is 1. The van der Waals surface area contributed by atoms with Crippen molar-refractivity contribution in [2.45, 2.75) is 6.92 Å². The quantitative estimate of drug-likeness (QED) is 0.526. The molecule has 0 saturated heterocycles. The molecule has 8 heteroatoms. The van der Waals surface area contributed by atoms with Gasteiger partial charge >= 0.3 is 0 Å². The first-order chi connectivity index (χ1) is 15.9. The van der Waals surface area contributed by atoms with Crippen LogP contribution in [0.1, 0.15) is 12.5 Å². The zero-order valence-corrected chi connectivity index (χ0v) is 17.9. The number of ether oxygens (including phenoxy) is 2. The van der Waals surface area contributed by atoms with Crippen molar-refractivity contribution in [3.63, 3.8) is 0 Å². The topological polar surface area (TPSA) is 67.9 Å². The smallest absolute Gasteiger partial charge is 0.282 e. The van der Waals surface area contributed by atoms with Gasteiger partial charge < -0.3 is 14.8 Å². The maximum absolute atomic E-state index is 13.8. The van der Waals surface area contributed by atoms with Gasteiger partial charge in [0.05, 0.1) is 25.0 Å². The average Bonchev–Trinajstić information content (AvgIpc) is 3.06. The molecule has 4 rings (SSSR count). The first-order valence-electron chi connectivity index (χ1n) is 10.2. The van der Waals surface area contributed by atoms with E-state index in [-0.39, 0.29) is 22.6 Å². The van der Waals surface area contributed by atoms with Crippen molar-refractivity contribution >= 4 is 28.8 Å². The highest BCUT2D eigenvalue weighted by atomic mass is 19.2. The monoisotopic (exact) mass is 450 g/mol. The molecule has 0 aliphatic carbocycles. The first kappa shape index (κ1) is 22.0. The van der Waals surface area contributed by atoms with Crippen molar-refractivity contribution in [3.05, 3.63) is 89.6 Å². The first-order valence-corrected chi connectivity index (χ1v) is 10.2. The molecular formula is C25H20F2N2O4. The molecule has 1 heterocycles. The van der Waals surface area contributed by atoms with Gasteiger partial charge in [0.1, 0.15) is 17.2 Å². The minimum Gasteiger partial charge on any atom is -0.495 e. The van der Waals surface area contributed by atoms with Crippen LogP contribution in [0.25, 0.3) is 5.57 Å². The highest BCUT2D eigenvalue weighted by Crippen LogP contribution is 2.38. The van der Waals surface area contributed by atoms with E-state index in [4.69, 9.17) is 9.47 Å². The number of benzene rings is 3. The molecule has 1 N–H and O–H groups in total. The Morgan fingerprint density at radius 1 is 0.909 bits per heavy atom. The number of halogens is 2. The number of hydrogen-bond donors (Lipinski definition) is 1. The molecule has 0 unspecified atom stereocenters. The molecule has 168 valence electrons. The van der Waals surface area contributed by atoms with Crippen LogP contribution in [0.15, 0.2) is 72.4 Å². The maximum Gasteiger partial charge on any atom is 0.282 e. The zero-order valence-electron chi connectivity index (χ0n) is 17.9. The van der Waals surface area contributed by atoms with Gasteiger partial charge in [0, 0.05) is 11.8 Å². The standard InChI is InChI=1S/C25H20F2N2O4/c1-3-33-17-11-8-15(9-12-17)22-23(28-16-10-13-18(26)19(27)14-16)25(31)29(24(22)30)20-6-4-5-7-21(20)32-2/h4-14,28H,3H2,1-2H3. The molecule has 0 aromatic heterocycles. The number of methoxy groups -OCH3 is 1. The van der Waals surface area contributed by atoms with Crippen LogP contribution < -0.4 is 19.7 Å². The Morgan fingerprint density at radius 2 is 1.64 bits per heavy atom. The summed E-state index contributed by atoms with van der Waals surface area (Å²) in [5.41, 5.74) is 0.856. The summed E-state index contributed by atoms with van der Waals surface area (Å²) >= 11 is 0. The molecule has 0 atom stereocenters. The summed E-state index contributed by atoms with van der Waals surface area (Å²) in [5.74, 6) is -2.40. The SMILES string of the molecule is CCOc1ccc(C2=C(Nc3ccc(F)c(F)c3)C(=O)N(c3ccccc3OC)C2=O)cc1. The van der Waals surface area contributed by atoms with Crippen LogP contribution in [-0.4, -0.2) is 25.5 Å². The summed E-state index contributed by atoms with van der Waals surface area (Å²) in [6.45, 7) is 2.33. The molecule has 3 aromatic rings. The van der Waals surface area contributed by atoms with Gasteiger partial charge in [0.25, 0.3) is 11.8 Å². The van der Waals surface area contributed by atoms with E-state index in [0.29, 0.717) is 23.7 Å². The fourth-order valence-electron chi connectivity index (χ4n) is 3.55. The van der Waals surface area contributed by atoms with Crippen LogP contribution in [0.5, 0.6) is 11.5 Å². The Bertz CT molecular complexity index is 1260. The van der Waals surface area contributed by atoms with Gasteiger partial charge in [-0.1, -0.05) is 24.3 Å². The summed E-state index contributed by atoms with van der Waals surface area (Å²) < 4.78 is 37.9. The Kier molecular flexibility index (Phi) is 6.08. The van der Waals surface area contributed by atoms with Gasteiger partial charge in [0.2, 0.25) is 0 Å². The minimum atomic E-state index is -1.08. The largest absolute Gasteiger partial charge is 0.495 e. The van der Waals surface area contributed by atoms with Gasteiger partial charge in [-0.25, -0.2) is 13.7 Å². The van der Waals surface area contributed by atoms with Crippen molar-refractivity contribution in [3.8, 4) is 11.5 Å². The van der Waals surface area contributed by atoms with Crippen LogP contribution in [0, 0.1) is 11.6 Å². The van der Waals surface area contributed by atoms with Crippen LogP contribution in [0.2, 0.25) is 0 Å². The maximum atomic E-state index is 13.8. The molecule has 0 fully saturated rings. The lowest BCUT2D eigenvalue weighted by molar-refractivity contribution is -0.120. The van der Waals surface area contributed by atoms with Crippen molar-refractivity contribution in [1.82, 2.24) is 0 Å². The normalized spacial score (nSPS) is 13.5. The van der Waals surface area contributed by atoms with Crippen molar-refractivity contribution in [1.29, 1.82) is 0 Å². The molecule has 0 bridgehead atoms. The van der Waals surface area contributed by atoms with Crippen LogP contribution in [0.4, 0.5) is 20.2 Å². The molecule has 3 aromatic carbocycles. The van der Waals surface area contributed by atoms with E-state index >= 15 is 0 Å². The molecule has 0 saturated carbocycles. The minimum absolute atomic E-state index is 0.0684. The van der Waals surface area contributed by atoms with Crippen molar-refractivity contribution < 1.29 is 27.8 Å². The Labute approximate surface area is 189 Å². The van der Waals surface area contributed by atoms with Crippen molar-refractivity contribution in [2.75, 3.05) is 23.9 Å². The number of carbonyl (C=O) groups is 2. The lowest BCUT2D eigenvalue weighted by Crippen LogP contribution is -2.32. The molecule has 0 spiro atoms. The van der Waals surface area contributed by atoms with Crippen molar-refractivity contribution in [2.24, 2.45) is 0 Å². The predicted molar refractivity (Wildman–Crippen MR) is 120 cm³/mol. The number of hydrogen-bond acceptors (Lipinski definition) is 5. The molecule has 1 aliphatic rings. The predicted octanol–water partition coefficient (Wildman–Crippen LogP) is 4.77. The average molecular weight is 450 g/mol. The number of anilines is 2. The fourth-order valence-corrected chi connectivity index (χ4v) is 3.55. The Morgan fingerprint density at radius 3 is 2.30 bits per heavy atom. The Hall–Kier alpha value is -4.20. The van der Waals surface area contributed by atoms with Crippen LogP contribution >= 0.6 is 0 Å². The van der Waals surface area contributed by atoms with E-state index < -0.39 is 23.4 Å². The van der Waals surface area contributed by atoms with Gasteiger partial charge in [-0.3, -0.25) is 9.59 Å². The highest BCUT2D eigenvalue weighted by molar-refractivity contribution is 6.46. The molecule has 2 amide bonds. The number of imide groups is 1. The second-order valence-electron chi connectivity index (χ2n) is 7.08. The third-order valence-electron chi connectivity index (χ3n) is 5.05. The molecule has 6 nitrogen and oxygen atoms in total. The zero-order chi connectivity index (χ0) is 23.5. The fraction of sp³-hybridized carbons (Fsp3) is 0.120. The number of rotatable bonds is 7. The number of para-hydroxylation sites is 2. The second kappa shape index (κ2) is 9.12. The summed E-state index contributed by atoms with van der Waals surface area (Å²) in [6.07, 6.45) is 0. The number of carbonyl (C=O) groups excluding carboxylic acids is 2. The van der Waals surface area contributed by atoms with E-state index in [1.54, 1.807) is 48.5 Å². The lowest BCUT2D eigenvalue weighted by atomic mass is 10.0. The summed E-state index contributed by atoms with van der Waals surface area (Å²) in [7, 11) is 1.44. The lowest BCUT2D eigenvalue weighted by Gasteiger charge is -2.18. The molecular weight excluding hydrogens is 430 g/mol. The van der Waals surface area contributed by atoms with Gasteiger partial charge in [-0.05, 0) is 48.9 Å². The van der Waals surface area contributed by atoms with E-state index in [1.807, 2.05) is 6.92 Å². The third-order valence-corrected chi connectivity index (χ3v) is 5.05. The van der Waals surface area contributed by atoms with Crippen LogP contribution in [-0.2, 0) is 9.59 Å². The second-order valence-corrected chi connectivity index (χ2v) is 7.08. The third kappa shape index (κ3) is 4.15. The van der Waals surface area contributed by atoms with E-state index in [2.05, 4.69) is 5.32 Å². The van der Waals surface area contributed by atoms with E-state index in [1.165, 1.54) is 13.2 Å². The number of nitrogens with one attached hydrogen (secondary N) is 1. The highest BCUT2D eigenvalue weighted by Gasteiger charge is 2.41. The summed E-state index contributed by atoms with van der Waals surface area (Å²) in [4.78, 5) is 27.9. The molecule has 0 radical (unpaired) electrons. The van der Waals surface area contributed by atoms with Crippen LogP contribution in [0.3, 0.4) is 0 Å². The van der Waals surface area contributed by atoms with E-state index in [9.17, 15) is 18.4 Å². The molecule has 33 heavy (non-hydrogen) atoms. The summed E-state index contributed by atoms with van der Waals surface area (Å²) in [5, 5.41) is 2.80. The summed E-state index contributed by atoms with van der Waals surface area (Å²) in [6, 6.07) is 16.4. The van der Waals surface area contributed by atoms with E-state index in [0.717, 1.165) is 17.0 Å².